The van der Waals surface area contributed by atoms with E-state index in [-0.39, 0.29) is 0 Å². The van der Waals surface area contributed by atoms with Crippen molar-refractivity contribution in [2.24, 2.45) is 0 Å². The molecule has 1 aliphatic heterocycles. The maximum absolute atomic E-state index is 12.6. The van der Waals surface area contributed by atoms with E-state index in [2.05, 4.69) is 32.0 Å². The van der Waals surface area contributed by atoms with Gasteiger partial charge in [0.25, 0.3) is 0 Å². The molecule has 128 valence electrons. The monoisotopic (exact) mass is 345 g/mol. The second-order valence-corrected chi connectivity index (χ2v) is 8.26. The lowest BCUT2D eigenvalue weighted by Gasteiger charge is -2.26. The van der Waals surface area contributed by atoms with E-state index < -0.39 is 10.0 Å². The molecule has 24 heavy (non-hydrogen) atoms. The predicted molar refractivity (Wildman–Crippen MR) is 95.5 cm³/mol. The molecule has 1 saturated heterocycles. The van der Waals surface area contributed by atoms with Gasteiger partial charge in [0.05, 0.1) is 18.1 Å². The zero-order valence-corrected chi connectivity index (χ0v) is 14.9. The molecule has 0 bridgehead atoms. The van der Waals surface area contributed by atoms with E-state index in [1.54, 1.807) is 12.1 Å². The lowest BCUT2D eigenvalue weighted by Crippen LogP contribution is -2.40. The summed E-state index contributed by atoms with van der Waals surface area (Å²) >= 11 is 0. The fourth-order valence-electron chi connectivity index (χ4n) is 2.83. The maximum atomic E-state index is 12.6. The minimum absolute atomic E-state index is 0.341. The van der Waals surface area contributed by atoms with Crippen molar-refractivity contribution >= 4 is 10.0 Å². The van der Waals surface area contributed by atoms with Crippen LogP contribution in [0.5, 0.6) is 0 Å². The first-order valence-electron chi connectivity index (χ1n) is 8.27. The van der Waals surface area contributed by atoms with Gasteiger partial charge >= 0.3 is 0 Å². The van der Waals surface area contributed by atoms with Crippen LogP contribution in [0.3, 0.4) is 0 Å². The highest BCUT2D eigenvalue weighted by atomic mass is 32.2. The third-order valence-electron chi connectivity index (χ3n) is 4.35. The molecule has 0 aliphatic carbocycles. The van der Waals surface area contributed by atoms with Gasteiger partial charge in [-0.25, -0.2) is 8.42 Å². The van der Waals surface area contributed by atoms with E-state index in [1.807, 2.05) is 18.2 Å². The number of ether oxygens (including phenoxy) is 1. The molecular formula is C19H23NO3S. The van der Waals surface area contributed by atoms with Crippen LogP contribution in [0.15, 0.2) is 53.4 Å². The predicted octanol–water partition coefficient (Wildman–Crippen LogP) is 3.50. The average Bonchev–Trinajstić information content (AvgIpc) is 2.62. The number of benzene rings is 2. The Hall–Kier alpha value is -1.69. The molecule has 1 aliphatic rings. The van der Waals surface area contributed by atoms with E-state index >= 15 is 0 Å². The number of rotatable bonds is 4. The Morgan fingerprint density at radius 3 is 2.25 bits per heavy atom. The highest BCUT2D eigenvalue weighted by Gasteiger charge is 2.26. The van der Waals surface area contributed by atoms with Crippen LogP contribution in [0.1, 0.15) is 25.3 Å². The molecule has 0 amide bonds. The van der Waals surface area contributed by atoms with Crippen molar-refractivity contribution in [1.29, 1.82) is 0 Å². The Morgan fingerprint density at radius 1 is 0.958 bits per heavy atom. The van der Waals surface area contributed by atoms with Crippen LogP contribution in [-0.2, 0) is 14.8 Å². The molecule has 2 aromatic carbocycles. The lowest BCUT2D eigenvalue weighted by molar-refractivity contribution is 0.0730. The van der Waals surface area contributed by atoms with Gasteiger partial charge in [0.1, 0.15) is 0 Å². The minimum Gasteiger partial charge on any atom is -0.379 e. The minimum atomic E-state index is -3.43. The SMILES string of the molecule is CC(C)c1cccc(-c2ccc(S(=O)(=O)N3CCOCC3)cc2)c1. The summed E-state index contributed by atoms with van der Waals surface area (Å²) in [5.74, 6) is 0.464. The number of hydrogen-bond acceptors (Lipinski definition) is 3. The van der Waals surface area contributed by atoms with Crippen LogP contribution in [0.25, 0.3) is 11.1 Å². The molecule has 0 unspecified atom stereocenters. The van der Waals surface area contributed by atoms with Crippen molar-refractivity contribution in [3.8, 4) is 11.1 Å². The number of hydrogen-bond donors (Lipinski definition) is 0. The molecule has 4 nitrogen and oxygen atoms in total. The van der Waals surface area contributed by atoms with Crippen LogP contribution in [-0.4, -0.2) is 39.0 Å². The topological polar surface area (TPSA) is 46.6 Å². The first-order valence-corrected chi connectivity index (χ1v) is 9.71. The van der Waals surface area contributed by atoms with Crippen LogP contribution in [0.4, 0.5) is 0 Å². The highest BCUT2D eigenvalue weighted by molar-refractivity contribution is 7.89. The lowest BCUT2D eigenvalue weighted by atomic mass is 9.97. The molecule has 0 radical (unpaired) electrons. The van der Waals surface area contributed by atoms with Gasteiger partial charge in [0.15, 0.2) is 0 Å². The second kappa shape index (κ2) is 7.05. The molecule has 5 heteroatoms. The zero-order chi connectivity index (χ0) is 17.2. The standard InChI is InChI=1S/C19H23NO3S/c1-15(2)17-4-3-5-18(14-17)16-6-8-19(9-7-16)24(21,22)20-10-12-23-13-11-20/h3-9,14-15H,10-13H2,1-2H3. The van der Waals surface area contributed by atoms with Crippen molar-refractivity contribution in [3.63, 3.8) is 0 Å². The first-order chi connectivity index (χ1) is 11.5. The molecular weight excluding hydrogens is 322 g/mol. The van der Waals surface area contributed by atoms with Gasteiger partial charge in [-0.05, 0) is 34.7 Å². The van der Waals surface area contributed by atoms with Crippen molar-refractivity contribution < 1.29 is 13.2 Å². The van der Waals surface area contributed by atoms with E-state index in [9.17, 15) is 8.42 Å². The number of sulfonamides is 1. The Labute approximate surface area is 144 Å². The molecule has 0 saturated carbocycles. The Bertz CT molecular complexity index is 792. The van der Waals surface area contributed by atoms with Crippen LogP contribution in [0, 0.1) is 0 Å². The average molecular weight is 345 g/mol. The van der Waals surface area contributed by atoms with Gasteiger partial charge in [-0.3, -0.25) is 0 Å². The second-order valence-electron chi connectivity index (χ2n) is 6.32. The smallest absolute Gasteiger partial charge is 0.243 e. The highest BCUT2D eigenvalue weighted by Crippen LogP contribution is 2.26. The summed E-state index contributed by atoms with van der Waals surface area (Å²) in [6.07, 6.45) is 0. The van der Waals surface area contributed by atoms with Crippen molar-refractivity contribution in [3.05, 3.63) is 54.1 Å². The van der Waals surface area contributed by atoms with Crippen LogP contribution < -0.4 is 0 Å². The van der Waals surface area contributed by atoms with Gasteiger partial charge in [-0.2, -0.15) is 4.31 Å². The summed E-state index contributed by atoms with van der Waals surface area (Å²) in [5.41, 5.74) is 3.41. The molecule has 0 aromatic heterocycles. The van der Waals surface area contributed by atoms with Crippen molar-refractivity contribution in [1.82, 2.24) is 4.31 Å². The van der Waals surface area contributed by atoms with Gasteiger partial charge in [-0.1, -0.05) is 50.2 Å². The van der Waals surface area contributed by atoms with Gasteiger partial charge in [-0.15, -0.1) is 0 Å². The normalized spacial score (nSPS) is 16.5. The molecule has 1 fully saturated rings. The van der Waals surface area contributed by atoms with Crippen LogP contribution >= 0.6 is 0 Å². The number of morpholine rings is 1. The van der Waals surface area contributed by atoms with Gasteiger partial charge in [0, 0.05) is 13.1 Å². The Balaban J connectivity index is 1.86. The fourth-order valence-corrected chi connectivity index (χ4v) is 4.24. The molecule has 1 heterocycles. The quantitative estimate of drug-likeness (QED) is 0.852. The van der Waals surface area contributed by atoms with Crippen molar-refractivity contribution in [2.45, 2.75) is 24.7 Å². The summed E-state index contributed by atoms with van der Waals surface area (Å²) < 4.78 is 32.0. The largest absolute Gasteiger partial charge is 0.379 e. The van der Waals surface area contributed by atoms with Crippen LogP contribution in [0.2, 0.25) is 0 Å². The molecule has 2 aromatic rings. The van der Waals surface area contributed by atoms with Gasteiger partial charge in [0.2, 0.25) is 10.0 Å². The van der Waals surface area contributed by atoms with E-state index in [4.69, 9.17) is 4.74 Å². The van der Waals surface area contributed by atoms with E-state index in [0.717, 1.165) is 11.1 Å². The van der Waals surface area contributed by atoms with E-state index in [0.29, 0.717) is 37.1 Å². The Kier molecular flexibility index (Phi) is 5.04. The Morgan fingerprint density at radius 2 is 1.62 bits per heavy atom. The van der Waals surface area contributed by atoms with E-state index in [1.165, 1.54) is 9.87 Å². The molecule has 3 rings (SSSR count). The summed E-state index contributed by atoms with van der Waals surface area (Å²) in [6, 6.07) is 15.5. The third kappa shape index (κ3) is 3.53. The first kappa shape index (κ1) is 17.1. The molecule has 0 N–H and O–H groups in total. The maximum Gasteiger partial charge on any atom is 0.243 e. The fraction of sp³-hybridized carbons (Fsp3) is 0.368. The summed E-state index contributed by atoms with van der Waals surface area (Å²) in [5, 5.41) is 0. The van der Waals surface area contributed by atoms with Gasteiger partial charge < -0.3 is 4.74 Å². The zero-order valence-electron chi connectivity index (χ0n) is 14.1. The summed E-state index contributed by atoms with van der Waals surface area (Å²) in [6.45, 7) is 6.08. The number of nitrogens with zero attached hydrogens (tertiary/aromatic N) is 1. The van der Waals surface area contributed by atoms with Crippen molar-refractivity contribution in [2.75, 3.05) is 26.3 Å². The molecule has 0 spiro atoms. The third-order valence-corrected chi connectivity index (χ3v) is 6.26. The molecule has 0 atom stereocenters. The summed E-state index contributed by atoms with van der Waals surface area (Å²) in [4.78, 5) is 0.341. The summed E-state index contributed by atoms with van der Waals surface area (Å²) in [7, 11) is -3.43.